The number of allylic oxidation sites excluding steroid dienone is 3. The van der Waals surface area contributed by atoms with Gasteiger partial charge in [-0.1, -0.05) is 101 Å². The number of rotatable bonds is 4. The predicted octanol–water partition coefficient (Wildman–Crippen LogP) is 7.19. The van der Waals surface area contributed by atoms with Gasteiger partial charge in [-0.3, -0.25) is 0 Å². The zero-order chi connectivity index (χ0) is 16.8. The first kappa shape index (κ1) is 16.9. The van der Waals surface area contributed by atoms with E-state index in [-0.39, 0.29) is 0 Å². The van der Waals surface area contributed by atoms with Crippen molar-refractivity contribution in [2.45, 2.75) is 13.8 Å². The van der Waals surface area contributed by atoms with Crippen LogP contribution in [-0.2, 0) is 0 Å². The second kappa shape index (κ2) is 8.27. The summed E-state index contributed by atoms with van der Waals surface area (Å²) in [7, 11) is 0. The molecule has 0 N–H and O–H groups in total. The van der Waals surface area contributed by atoms with Crippen LogP contribution in [0.4, 0.5) is 0 Å². The van der Waals surface area contributed by atoms with Crippen LogP contribution in [0.5, 0.6) is 0 Å². The van der Waals surface area contributed by atoms with Crippen molar-refractivity contribution in [1.82, 2.24) is 0 Å². The molecule has 2 heteroatoms. The van der Waals surface area contributed by atoms with E-state index in [1.807, 2.05) is 11.8 Å². The molecule has 2 aromatic rings. The largest absolute Gasteiger partial charge is 0.0895 e. The minimum atomic E-state index is 1.23. The van der Waals surface area contributed by atoms with E-state index < -0.39 is 0 Å². The maximum absolute atomic E-state index is 2.21. The van der Waals surface area contributed by atoms with Gasteiger partial charge in [-0.25, -0.2) is 0 Å². The Bertz CT molecular complexity index is 804. The summed E-state index contributed by atoms with van der Waals surface area (Å²) < 4.78 is 1.31. The van der Waals surface area contributed by atoms with Gasteiger partial charge in [-0.15, -0.1) is 0 Å². The van der Waals surface area contributed by atoms with Gasteiger partial charge in [0.15, 0.2) is 0 Å². The van der Waals surface area contributed by atoms with Crippen LogP contribution >= 0.6 is 23.5 Å². The molecule has 0 radical (unpaired) electrons. The molecule has 3 rings (SSSR count). The van der Waals surface area contributed by atoms with E-state index >= 15 is 0 Å². The first-order valence-corrected chi connectivity index (χ1v) is 9.63. The lowest BCUT2D eigenvalue weighted by Crippen LogP contribution is -1.73. The smallest absolute Gasteiger partial charge is 0.0493 e. The topological polar surface area (TPSA) is 0 Å². The fraction of sp³-hybridized carbons (Fsp3) is 0.0909. The highest BCUT2D eigenvalue weighted by molar-refractivity contribution is 8.28. The van der Waals surface area contributed by atoms with Gasteiger partial charge in [-0.2, -0.15) is 0 Å². The minimum Gasteiger partial charge on any atom is -0.0895 e. The van der Waals surface area contributed by atoms with Gasteiger partial charge in [0.25, 0.3) is 0 Å². The molecule has 0 bridgehead atoms. The van der Waals surface area contributed by atoms with Crippen molar-refractivity contribution >= 4 is 35.7 Å². The summed E-state index contributed by atoms with van der Waals surface area (Å²) in [6.45, 7) is 4.22. The standard InChI is InChI=1S/C22H20S2/c1-17-6-10-19(11-7-17)4-3-5-22-23-16-21(24-22)15-14-20-12-8-18(2)9-13-20/h3-16H,1-2H3/b4-3+,15-14+,22-5+. The molecule has 1 aliphatic heterocycles. The van der Waals surface area contributed by atoms with Gasteiger partial charge in [0.2, 0.25) is 0 Å². The third-order valence-electron chi connectivity index (χ3n) is 3.63. The number of benzene rings is 2. The summed E-state index contributed by atoms with van der Waals surface area (Å²) in [6.07, 6.45) is 10.8. The molecule has 1 heterocycles. The third-order valence-corrected chi connectivity index (χ3v) is 5.88. The van der Waals surface area contributed by atoms with Crippen LogP contribution in [0, 0.1) is 13.8 Å². The maximum atomic E-state index is 2.21. The minimum absolute atomic E-state index is 1.23. The molecule has 120 valence electrons. The summed E-state index contributed by atoms with van der Waals surface area (Å²) in [4.78, 5) is 1.29. The molecule has 24 heavy (non-hydrogen) atoms. The summed E-state index contributed by atoms with van der Waals surface area (Å²) in [5.74, 6) is 0. The molecule has 0 aromatic heterocycles. The second-order valence-corrected chi connectivity index (χ2v) is 8.02. The quantitative estimate of drug-likeness (QED) is 0.573. The molecular formula is C22H20S2. The Morgan fingerprint density at radius 3 is 1.92 bits per heavy atom. The van der Waals surface area contributed by atoms with Crippen LogP contribution in [0.3, 0.4) is 0 Å². The van der Waals surface area contributed by atoms with Crippen LogP contribution in [0.15, 0.2) is 81.3 Å². The van der Waals surface area contributed by atoms with E-state index in [4.69, 9.17) is 0 Å². The lowest BCUT2D eigenvalue weighted by atomic mass is 10.1. The van der Waals surface area contributed by atoms with Crippen LogP contribution in [0.1, 0.15) is 22.3 Å². The molecule has 0 aliphatic carbocycles. The molecule has 0 saturated heterocycles. The zero-order valence-corrected chi connectivity index (χ0v) is 15.5. The first-order valence-electron chi connectivity index (χ1n) is 7.93. The van der Waals surface area contributed by atoms with Crippen molar-refractivity contribution in [3.05, 3.63) is 104 Å². The van der Waals surface area contributed by atoms with E-state index in [9.17, 15) is 0 Å². The average molecular weight is 349 g/mol. The molecule has 0 fully saturated rings. The van der Waals surface area contributed by atoms with E-state index in [0.717, 1.165) is 0 Å². The lowest BCUT2D eigenvalue weighted by molar-refractivity contribution is 1.46. The molecule has 0 saturated carbocycles. The zero-order valence-electron chi connectivity index (χ0n) is 13.9. The second-order valence-electron chi connectivity index (χ2n) is 5.74. The van der Waals surface area contributed by atoms with Crippen molar-refractivity contribution in [2.75, 3.05) is 0 Å². The molecular weight excluding hydrogens is 328 g/mol. The maximum Gasteiger partial charge on any atom is 0.0493 e. The van der Waals surface area contributed by atoms with Crippen molar-refractivity contribution in [1.29, 1.82) is 0 Å². The average Bonchev–Trinajstić information content (AvgIpc) is 3.04. The van der Waals surface area contributed by atoms with E-state index in [2.05, 4.69) is 98.2 Å². The van der Waals surface area contributed by atoms with Crippen molar-refractivity contribution in [2.24, 2.45) is 0 Å². The van der Waals surface area contributed by atoms with Gasteiger partial charge in [0.05, 0.1) is 0 Å². The van der Waals surface area contributed by atoms with E-state index in [1.165, 1.54) is 31.4 Å². The summed E-state index contributed by atoms with van der Waals surface area (Å²) in [6, 6.07) is 17.2. The molecule has 2 aromatic carbocycles. The number of aryl methyl sites for hydroxylation is 2. The molecule has 0 atom stereocenters. The predicted molar refractivity (Wildman–Crippen MR) is 112 cm³/mol. The monoisotopic (exact) mass is 348 g/mol. The number of hydrogen-bond acceptors (Lipinski definition) is 2. The summed E-state index contributed by atoms with van der Waals surface area (Å²) in [5.41, 5.74) is 5.06. The van der Waals surface area contributed by atoms with Crippen LogP contribution < -0.4 is 0 Å². The van der Waals surface area contributed by atoms with Gasteiger partial charge in [-0.05, 0) is 42.5 Å². The summed E-state index contributed by atoms with van der Waals surface area (Å²) >= 11 is 3.60. The summed E-state index contributed by atoms with van der Waals surface area (Å²) in [5, 5.41) is 2.21. The fourth-order valence-electron chi connectivity index (χ4n) is 2.20. The van der Waals surface area contributed by atoms with Crippen LogP contribution in [-0.4, -0.2) is 0 Å². The van der Waals surface area contributed by atoms with Crippen molar-refractivity contribution < 1.29 is 0 Å². The molecule has 1 aliphatic rings. The van der Waals surface area contributed by atoms with Crippen molar-refractivity contribution in [3.63, 3.8) is 0 Å². The highest BCUT2D eigenvalue weighted by Gasteiger charge is 2.08. The van der Waals surface area contributed by atoms with Gasteiger partial charge >= 0.3 is 0 Å². The lowest BCUT2D eigenvalue weighted by Gasteiger charge is -1.96. The third kappa shape index (κ3) is 5.05. The number of thioether (sulfide) groups is 2. The molecule has 0 unspecified atom stereocenters. The van der Waals surface area contributed by atoms with Crippen LogP contribution in [0.2, 0.25) is 0 Å². The molecule has 0 spiro atoms. The Morgan fingerprint density at radius 2 is 1.29 bits per heavy atom. The van der Waals surface area contributed by atoms with E-state index in [1.54, 1.807) is 11.8 Å². The number of hydrogen-bond donors (Lipinski definition) is 0. The Hall–Kier alpha value is -1.90. The van der Waals surface area contributed by atoms with Gasteiger partial charge in [0, 0.05) is 9.14 Å². The molecule has 0 nitrogen and oxygen atoms in total. The fourth-order valence-corrected chi connectivity index (χ4v) is 4.14. The van der Waals surface area contributed by atoms with Gasteiger partial charge < -0.3 is 0 Å². The van der Waals surface area contributed by atoms with Gasteiger partial charge in [0.1, 0.15) is 0 Å². The van der Waals surface area contributed by atoms with Crippen LogP contribution in [0.25, 0.3) is 12.2 Å². The van der Waals surface area contributed by atoms with Crippen molar-refractivity contribution in [3.8, 4) is 0 Å². The SMILES string of the molecule is Cc1ccc(/C=C/C=C2\SC=C(/C=C/c3ccc(C)cc3)S2)cc1. The Morgan fingerprint density at radius 1 is 0.708 bits per heavy atom. The molecule has 0 amide bonds. The highest BCUT2D eigenvalue weighted by atomic mass is 32.2. The Labute approximate surface area is 153 Å². The highest BCUT2D eigenvalue weighted by Crippen LogP contribution is 2.44. The Kier molecular flexibility index (Phi) is 5.84. The first-order chi connectivity index (χ1) is 11.7. The Balaban J connectivity index is 1.56. The normalized spacial score (nSPS) is 16.4. The van der Waals surface area contributed by atoms with E-state index in [0.29, 0.717) is 0 Å².